The van der Waals surface area contributed by atoms with Crippen molar-refractivity contribution in [3.63, 3.8) is 0 Å². The van der Waals surface area contributed by atoms with Crippen LogP contribution in [0.4, 0.5) is 11.4 Å². The molecule has 1 aliphatic heterocycles. The van der Waals surface area contributed by atoms with Crippen molar-refractivity contribution >= 4 is 34.9 Å². The summed E-state index contributed by atoms with van der Waals surface area (Å²) < 4.78 is 7.87. The van der Waals surface area contributed by atoms with Gasteiger partial charge in [0.05, 0.1) is 35.2 Å². The first kappa shape index (κ1) is 13.7. The number of rotatable bonds is 1. The zero-order valence-corrected chi connectivity index (χ0v) is 12.5. The maximum absolute atomic E-state index is 12.6. The number of nitrogens with zero attached hydrogens (tertiary/aromatic N) is 4. The molecule has 0 radical (unpaired) electrons. The van der Waals surface area contributed by atoms with E-state index in [-0.39, 0.29) is 17.7 Å². The fourth-order valence-corrected chi connectivity index (χ4v) is 2.87. The van der Waals surface area contributed by atoms with E-state index in [1.807, 2.05) is 31.2 Å². The Hall–Kier alpha value is -2.28. The van der Waals surface area contributed by atoms with Gasteiger partial charge in [-0.15, -0.1) is 0 Å². The number of fused-ring (bicyclic) bond motifs is 1. The summed E-state index contributed by atoms with van der Waals surface area (Å²) in [6, 6.07) is 7.39. The topological polar surface area (TPSA) is 66.4 Å². The van der Waals surface area contributed by atoms with Gasteiger partial charge in [0.15, 0.2) is 5.69 Å². The number of anilines is 2. The smallest absolute Gasteiger partial charge is 0.279 e. The Bertz CT molecular complexity index is 686. The molecule has 7 heteroatoms. The third-order valence-corrected chi connectivity index (χ3v) is 4.05. The van der Waals surface area contributed by atoms with Crippen molar-refractivity contribution < 1.29 is 9.59 Å². The van der Waals surface area contributed by atoms with Gasteiger partial charge >= 0.3 is 0 Å². The number of aromatic nitrogens is 2. The zero-order chi connectivity index (χ0) is 15.0. The van der Waals surface area contributed by atoms with E-state index in [1.165, 1.54) is 6.20 Å². The lowest BCUT2D eigenvalue weighted by Gasteiger charge is -2.23. The van der Waals surface area contributed by atoms with Gasteiger partial charge in [-0.25, -0.2) is 0 Å². The molecule has 2 amide bonds. The highest BCUT2D eigenvalue weighted by Crippen LogP contribution is 2.33. The third-order valence-electron chi connectivity index (χ3n) is 3.57. The van der Waals surface area contributed by atoms with Gasteiger partial charge in [0.1, 0.15) is 0 Å². The first-order chi connectivity index (χ1) is 10.1. The van der Waals surface area contributed by atoms with Crippen molar-refractivity contribution in [1.82, 2.24) is 8.75 Å². The van der Waals surface area contributed by atoms with Crippen LogP contribution in [0.25, 0.3) is 0 Å². The fraction of sp³-hybridized carbons (Fsp3) is 0.286. The predicted octanol–water partition coefficient (Wildman–Crippen LogP) is 1.80. The Kier molecular flexibility index (Phi) is 3.42. The minimum Gasteiger partial charge on any atom is -0.313 e. The first-order valence-electron chi connectivity index (χ1n) is 6.55. The van der Waals surface area contributed by atoms with E-state index in [1.54, 1.807) is 16.8 Å². The monoisotopic (exact) mass is 302 g/mol. The third kappa shape index (κ3) is 2.29. The summed E-state index contributed by atoms with van der Waals surface area (Å²) in [7, 11) is 1.73. The molecule has 0 bridgehead atoms. The molecule has 0 aliphatic carbocycles. The molecule has 0 N–H and O–H groups in total. The molecule has 0 fully saturated rings. The lowest BCUT2D eigenvalue weighted by Crippen LogP contribution is -2.37. The van der Waals surface area contributed by atoms with E-state index in [0.29, 0.717) is 12.2 Å². The number of hydrogen-bond donors (Lipinski definition) is 0. The van der Waals surface area contributed by atoms with Crippen molar-refractivity contribution in [1.29, 1.82) is 0 Å². The second-order valence-corrected chi connectivity index (χ2v) is 5.55. The van der Waals surface area contributed by atoms with Crippen molar-refractivity contribution in [2.45, 2.75) is 6.92 Å². The highest BCUT2D eigenvalue weighted by molar-refractivity contribution is 6.99. The summed E-state index contributed by atoms with van der Waals surface area (Å²) in [5.41, 5.74) is 1.75. The molecule has 2 heterocycles. The van der Waals surface area contributed by atoms with Crippen LogP contribution in [0.1, 0.15) is 17.4 Å². The van der Waals surface area contributed by atoms with Crippen molar-refractivity contribution in [2.75, 3.05) is 23.4 Å². The van der Waals surface area contributed by atoms with Crippen LogP contribution in [0.5, 0.6) is 0 Å². The van der Waals surface area contributed by atoms with Crippen molar-refractivity contribution in [2.24, 2.45) is 5.92 Å². The minimum absolute atomic E-state index is 0.00541. The van der Waals surface area contributed by atoms with Gasteiger partial charge in [0, 0.05) is 13.6 Å². The van der Waals surface area contributed by atoms with Crippen LogP contribution in [0.3, 0.4) is 0 Å². The quantitative estimate of drug-likeness (QED) is 0.805. The molecular formula is C14H14N4O2S. The number of benzene rings is 1. The molecule has 0 spiro atoms. The lowest BCUT2D eigenvalue weighted by atomic mass is 10.1. The number of hydrogen-bond acceptors (Lipinski definition) is 5. The molecule has 1 atom stereocenters. The van der Waals surface area contributed by atoms with Gasteiger partial charge in [-0.05, 0) is 12.1 Å². The van der Waals surface area contributed by atoms with E-state index < -0.39 is 0 Å². The number of carbonyl (C=O) groups excluding carboxylic acids is 2. The van der Waals surface area contributed by atoms with Gasteiger partial charge < -0.3 is 9.80 Å². The SMILES string of the molecule is CC1CN(C(=O)c2cnsn2)c2ccccc2N(C)C1=O. The van der Waals surface area contributed by atoms with Crippen molar-refractivity contribution in [3.05, 3.63) is 36.2 Å². The largest absolute Gasteiger partial charge is 0.313 e. The predicted molar refractivity (Wildman–Crippen MR) is 80.6 cm³/mol. The molecule has 21 heavy (non-hydrogen) atoms. The summed E-state index contributed by atoms with van der Waals surface area (Å²) in [5.74, 6) is -0.516. The zero-order valence-electron chi connectivity index (χ0n) is 11.7. The Morgan fingerprint density at radius 1 is 1.33 bits per heavy atom. The van der Waals surface area contributed by atoms with Crippen LogP contribution in [-0.2, 0) is 4.79 Å². The second-order valence-electron chi connectivity index (χ2n) is 5.00. The second kappa shape index (κ2) is 5.25. The van der Waals surface area contributed by atoms with Gasteiger partial charge in [0.2, 0.25) is 5.91 Å². The van der Waals surface area contributed by atoms with Crippen LogP contribution < -0.4 is 9.80 Å². The Morgan fingerprint density at radius 2 is 2.05 bits per heavy atom. The summed E-state index contributed by atoms with van der Waals surface area (Å²) in [4.78, 5) is 28.2. The van der Waals surface area contributed by atoms with Crippen LogP contribution in [-0.4, -0.2) is 34.2 Å². The standard InChI is InChI=1S/C14H14N4O2S/c1-9-8-18(14(20)10-7-15-21-16-10)12-6-4-3-5-11(12)17(2)13(9)19/h3-7,9H,8H2,1-2H3. The lowest BCUT2D eigenvalue weighted by molar-refractivity contribution is -0.121. The van der Waals surface area contributed by atoms with Crippen LogP contribution in [0, 0.1) is 5.92 Å². The molecule has 1 aliphatic rings. The minimum atomic E-state index is -0.280. The Labute approximate surface area is 126 Å². The molecule has 6 nitrogen and oxygen atoms in total. The van der Waals surface area contributed by atoms with Gasteiger partial charge in [-0.3, -0.25) is 9.59 Å². The number of amides is 2. The average Bonchev–Trinajstić information content (AvgIpc) is 3.02. The van der Waals surface area contributed by atoms with Gasteiger partial charge in [-0.2, -0.15) is 8.75 Å². The first-order valence-corrected chi connectivity index (χ1v) is 7.28. The molecule has 0 saturated heterocycles. The molecule has 1 aromatic heterocycles. The molecule has 108 valence electrons. The highest BCUT2D eigenvalue weighted by Gasteiger charge is 2.32. The fourth-order valence-electron chi connectivity index (χ4n) is 2.47. The maximum atomic E-state index is 12.6. The molecular weight excluding hydrogens is 288 g/mol. The van der Waals surface area contributed by atoms with Crippen LogP contribution in [0.15, 0.2) is 30.5 Å². The normalized spacial score (nSPS) is 18.4. The average molecular weight is 302 g/mol. The van der Waals surface area contributed by atoms with E-state index in [2.05, 4.69) is 8.75 Å². The summed E-state index contributed by atoms with van der Waals surface area (Å²) in [6.07, 6.45) is 1.46. The molecule has 1 unspecified atom stereocenters. The number of para-hydroxylation sites is 2. The van der Waals surface area contributed by atoms with Crippen LogP contribution in [0.2, 0.25) is 0 Å². The summed E-state index contributed by atoms with van der Waals surface area (Å²) >= 11 is 0.995. The number of carbonyl (C=O) groups is 2. The summed E-state index contributed by atoms with van der Waals surface area (Å²) in [5, 5.41) is 0. The van der Waals surface area contributed by atoms with E-state index >= 15 is 0 Å². The Morgan fingerprint density at radius 3 is 2.71 bits per heavy atom. The summed E-state index contributed by atoms with van der Waals surface area (Å²) in [6.45, 7) is 2.15. The maximum Gasteiger partial charge on any atom is 0.279 e. The van der Waals surface area contributed by atoms with Gasteiger partial charge in [-0.1, -0.05) is 19.1 Å². The van der Waals surface area contributed by atoms with Crippen LogP contribution >= 0.6 is 11.7 Å². The molecule has 3 rings (SSSR count). The van der Waals surface area contributed by atoms with E-state index in [4.69, 9.17) is 0 Å². The highest BCUT2D eigenvalue weighted by atomic mass is 32.1. The molecule has 2 aromatic rings. The van der Waals surface area contributed by atoms with Gasteiger partial charge in [0.25, 0.3) is 5.91 Å². The van der Waals surface area contributed by atoms with E-state index in [0.717, 1.165) is 23.1 Å². The Balaban J connectivity index is 2.09. The van der Waals surface area contributed by atoms with E-state index in [9.17, 15) is 9.59 Å². The molecule has 0 saturated carbocycles. The molecule has 1 aromatic carbocycles. The van der Waals surface area contributed by atoms with Crippen molar-refractivity contribution in [3.8, 4) is 0 Å².